The lowest BCUT2D eigenvalue weighted by Crippen LogP contribution is -2.30. The molecule has 0 N–H and O–H groups in total. The number of ether oxygens (including phenoxy) is 2. The highest BCUT2D eigenvalue weighted by Crippen LogP contribution is 2.31. The lowest BCUT2D eigenvalue weighted by Gasteiger charge is -2.23. The van der Waals surface area contributed by atoms with Crippen molar-refractivity contribution in [3.63, 3.8) is 0 Å². The molecule has 36 nitrogen and oxygen atoms in total. The highest BCUT2D eigenvalue weighted by atomic mass is 35.5. The summed E-state index contributed by atoms with van der Waals surface area (Å²) in [5.41, 5.74) is 1.75. The molecule has 137 heavy (non-hydrogen) atoms. The Morgan fingerprint density at radius 3 is 1.02 bits per heavy atom. The molecule has 0 amide bonds. The maximum absolute atomic E-state index is 5.85. The maximum Gasteiger partial charge on any atom is 0.168 e. The smallest absolute Gasteiger partial charge is 0.168 e. The summed E-state index contributed by atoms with van der Waals surface area (Å²) >= 11 is 18.8. The summed E-state index contributed by atoms with van der Waals surface area (Å²) in [5, 5.41) is 57.0. The number of nitrogens with zero attached hydrogens (tertiary/aromatic N) is 19. The zero-order valence-electron chi connectivity index (χ0n) is 80.0. The molecule has 5 aliphatic carbocycles. The van der Waals surface area contributed by atoms with E-state index in [9.17, 15) is 0 Å². The van der Waals surface area contributed by atoms with Crippen LogP contribution in [0.4, 0.5) is 0 Å². The molecule has 8 aromatic rings. The van der Waals surface area contributed by atoms with Crippen molar-refractivity contribution < 1.29 is 82.0 Å². The Morgan fingerprint density at radius 2 is 0.715 bits per heavy atom. The predicted molar refractivity (Wildman–Crippen MR) is 567 cm³/mol. The number of thiazole rings is 4. The van der Waals surface area contributed by atoms with E-state index in [1.165, 1.54) is 161 Å². The van der Waals surface area contributed by atoms with Gasteiger partial charge in [-0.1, -0.05) is 56.2 Å². The van der Waals surface area contributed by atoms with Crippen LogP contribution in [0.2, 0.25) is 5.02 Å². The lowest BCUT2D eigenvalue weighted by molar-refractivity contribution is -0.0706. The summed E-state index contributed by atoms with van der Waals surface area (Å²) in [4.78, 5) is 98.6. The normalized spacial score (nSPS) is 13.8. The zero-order valence-corrected chi connectivity index (χ0v) is 87.3. The second-order valence-electron chi connectivity index (χ2n) is 29.2. The van der Waals surface area contributed by atoms with Crippen LogP contribution in [0.25, 0.3) is 0 Å². The molecule has 8 aromatic heterocycles. The monoisotopic (exact) mass is 2070 g/mol. The van der Waals surface area contributed by atoms with Crippen molar-refractivity contribution in [1.82, 2.24) is 19.9 Å². The van der Waals surface area contributed by atoms with Crippen molar-refractivity contribution in [3.8, 4) is 0 Å². The number of aromatic nitrogens is 4. The lowest BCUT2D eigenvalue weighted by atomic mass is 9.86. The average molecular weight is 2080 g/mol. The van der Waals surface area contributed by atoms with Gasteiger partial charge in [-0.25, -0.2) is 15.0 Å². The Kier molecular flexibility index (Phi) is 81.4. The number of hydrogen-bond donors (Lipinski definition) is 0. The molecule has 5 saturated carbocycles. The largest absolute Gasteiger partial charge is 0.396 e. The van der Waals surface area contributed by atoms with Gasteiger partial charge < -0.3 is 82.0 Å². The number of hydrogen-bond acceptors (Lipinski definition) is 44. The van der Waals surface area contributed by atoms with Crippen molar-refractivity contribution in [3.05, 3.63) is 152 Å². The van der Waals surface area contributed by atoms with Crippen LogP contribution in [0, 0.1) is 70.1 Å². The molecule has 2 aliphatic heterocycles. The number of aryl methyl sites for hydroxylation is 5. The third kappa shape index (κ3) is 73.5. The summed E-state index contributed by atoms with van der Waals surface area (Å²) in [7, 11) is 0. The highest BCUT2D eigenvalue weighted by molar-refractivity contribution is 7.13. The van der Waals surface area contributed by atoms with Gasteiger partial charge in [0.15, 0.2) is 52.9 Å². The van der Waals surface area contributed by atoms with Gasteiger partial charge in [-0.15, -0.1) is 168 Å². The molecule has 7 aliphatic rings. The number of thiophene rings is 4. The first kappa shape index (κ1) is 125. The molecule has 10 heterocycles. The first-order valence-corrected chi connectivity index (χ1v) is 50.8. The van der Waals surface area contributed by atoms with Crippen molar-refractivity contribution >= 4 is 203 Å². The van der Waals surface area contributed by atoms with Crippen LogP contribution in [0.15, 0.2) is 161 Å². The summed E-state index contributed by atoms with van der Waals surface area (Å²) in [6, 6.07) is 14.1. The number of rotatable bonds is 44. The van der Waals surface area contributed by atoms with Gasteiger partial charge >= 0.3 is 0 Å². The van der Waals surface area contributed by atoms with Crippen LogP contribution in [-0.2, 0) is 135 Å². The number of halogens is 1. The van der Waals surface area contributed by atoms with Crippen LogP contribution in [0.5, 0.6) is 0 Å². The van der Waals surface area contributed by atoms with E-state index >= 15 is 0 Å². The molecule has 15 rings (SSSR count). The Hall–Kier alpha value is -10.4. The van der Waals surface area contributed by atoms with E-state index in [0.29, 0.717) is 84.0 Å². The van der Waals surface area contributed by atoms with Crippen molar-refractivity contribution in [2.75, 3.05) is 66.1 Å². The van der Waals surface area contributed by atoms with Crippen LogP contribution in [0.3, 0.4) is 0 Å². The molecule has 0 unspecified atom stereocenters. The second kappa shape index (κ2) is 89.5. The third-order valence-corrected chi connectivity index (χ3v) is 26.1. The Balaban J connectivity index is 0.000000735. The van der Waals surface area contributed by atoms with Crippen LogP contribution in [-0.4, -0.2) is 193 Å². The van der Waals surface area contributed by atoms with E-state index in [2.05, 4.69) is 243 Å². The molecule has 7 fully saturated rings. The van der Waals surface area contributed by atoms with E-state index in [1.807, 2.05) is 61.9 Å². The van der Waals surface area contributed by atoms with Crippen molar-refractivity contribution in [2.45, 2.75) is 216 Å². The van der Waals surface area contributed by atoms with E-state index in [1.54, 1.807) is 98.3 Å². The molecular weight excluding hydrogens is 1940 g/mol. The Labute approximate surface area is 845 Å². The first-order valence-electron chi connectivity index (χ1n) is 43.7. The zero-order chi connectivity index (χ0) is 100. The average Bonchev–Trinajstić information content (AvgIpc) is 1.75. The fourth-order valence-corrected chi connectivity index (χ4v) is 16.8. The van der Waals surface area contributed by atoms with Gasteiger partial charge in [-0.2, -0.15) is 0 Å². The molecule has 0 atom stereocenters. The van der Waals surface area contributed by atoms with Gasteiger partial charge in [-0.05, 0) is 184 Å². The standard InChI is InChI=1S/C8H15NO.C7H8ClNOS.C7H13NO2.2C7H9NOS.C7H13NO.2C6H8N2OS.C6H7NOS.C6H11NO.2C5H6N2OS.C5H9NO2.2C5H9NO/c1-9-10-7-8-5-3-2-4-6-8;1-5-3-6(8)7(11-5)4-10-9-2;1-8-10-6-7-2-4-9-5-3-7;2*1-6-3-4-7(10-6)5-9-8-2;1-8-9-6-7-4-2-3-5-7;2*1-5-8-3-6(10-5)4-9-7-2;1-7-8-5-6-3-2-4-9-6;1-7-8-5-6-3-2-4-6;1-6-8-3-5-2-7-4-9-5;1-6-8-4-5-7-2-3-9-5;1-6-8-4-5-2-7-3-5;1-6-7-4-5-2-3-5;1-6-7-5-3-2-4-5/h8H,1-7H2;3H,2,4H2,1H3;7H,1-6H2;2*3-4H,2,5H2,1H3;7H,1-6H2;2*3H,2,4H2,1H3;2-4H,1,5H2;6H,1-5H2;2,4H,1,3H2;2-3H,1,4H2;5H,1-4H2;2*5H,1-4H2. The van der Waals surface area contributed by atoms with Crippen molar-refractivity contribution in [2.24, 2.45) is 113 Å². The van der Waals surface area contributed by atoms with E-state index < -0.39 is 0 Å². The quantitative estimate of drug-likeness (QED) is 0.0253. The maximum atomic E-state index is 5.85. The molecule has 760 valence electrons. The fraction of sp³-hybridized carbons (Fsp3) is 0.533. The topological polar surface area (TPSA) is 394 Å². The van der Waals surface area contributed by atoms with Crippen LogP contribution >= 0.6 is 102 Å². The van der Waals surface area contributed by atoms with Gasteiger partial charge in [0.05, 0.1) is 53.3 Å². The minimum Gasteiger partial charge on any atom is -0.396 e. The second-order valence-corrected chi connectivity index (χ2v) is 39.3. The minimum atomic E-state index is 0.400. The minimum absolute atomic E-state index is 0.400. The van der Waals surface area contributed by atoms with Gasteiger partial charge in [0.1, 0.15) is 50.8 Å². The molecular formula is C92H140ClN19O17S8. The summed E-state index contributed by atoms with van der Waals surface area (Å²) < 4.78 is 10.1. The Bertz CT molecular complexity index is 3950. The molecule has 0 radical (unpaired) electrons. The van der Waals surface area contributed by atoms with E-state index in [-0.39, 0.29) is 0 Å². The Morgan fingerprint density at radius 1 is 0.328 bits per heavy atom. The highest BCUT2D eigenvalue weighted by Gasteiger charge is 2.23. The molecule has 0 aromatic carbocycles. The number of oxime groups is 15. The fourth-order valence-electron chi connectivity index (χ4n) is 10.9. The third-order valence-electron chi connectivity index (χ3n) is 18.6. The van der Waals surface area contributed by atoms with Gasteiger partial charge in [0.2, 0.25) is 0 Å². The van der Waals surface area contributed by atoms with Gasteiger partial charge in [0, 0.05) is 185 Å². The first-order chi connectivity index (χ1) is 66.9. The SMILES string of the molecule is C=NOC1CCC1.C=NOCC1CC1.C=NOCC1CCC1.C=NOCC1CCCC1.C=NOCC1CCCCC1.C=NOCC1CCOCC1.C=NOCC1COC1.C=NOCc1ccc(C)s1.C=NOCc1ccc(C)s1.C=NOCc1cccs1.C=NOCc1cnc(C)s1.C=NOCc1cnc(C)s1.C=NOCc1cncs1.C=NOCc1nccs1.C=NOCc1sc(C)cc1Cl. The molecule has 45 heteroatoms. The van der Waals surface area contributed by atoms with E-state index in [0.717, 1.165) is 129 Å². The van der Waals surface area contributed by atoms with Gasteiger partial charge in [0.25, 0.3) is 0 Å². The predicted octanol–water partition coefficient (Wildman–Crippen LogP) is 23.8. The summed E-state index contributed by atoms with van der Waals surface area (Å²) in [6.07, 6.45) is 32.0. The van der Waals surface area contributed by atoms with Crippen LogP contribution < -0.4 is 0 Å². The van der Waals surface area contributed by atoms with E-state index in [4.69, 9.17) is 74.3 Å². The molecule has 0 spiro atoms. The van der Waals surface area contributed by atoms with Gasteiger partial charge in [-0.3, -0.25) is 4.98 Å². The summed E-state index contributed by atoms with van der Waals surface area (Å²) in [6.45, 7) is 69.9. The molecule has 2 saturated heterocycles. The van der Waals surface area contributed by atoms with Crippen LogP contribution in [0.1, 0.15) is 186 Å². The molecule has 0 bridgehead atoms. The summed E-state index contributed by atoms with van der Waals surface area (Å²) in [5.74, 6) is 4.26. The van der Waals surface area contributed by atoms with Crippen molar-refractivity contribution in [1.29, 1.82) is 0 Å².